The zero-order valence-corrected chi connectivity index (χ0v) is 26.5. The van der Waals surface area contributed by atoms with Crippen molar-refractivity contribution in [2.24, 2.45) is 0 Å². The van der Waals surface area contributed by atoms with E-state index < -0.39 is 6.15 Å². The van der Waals surface area contributed by atoms with Crippen molar-refractivity contribution in [2.45, 2.75) is 131 Å². The van der Waals surface area contributed by atoms with Gasteiger partial charge in [0.05, 0.1) is 32.3 Å². The SMILES string of the molecule is CCCC[B-](CCCC)(c1ccccc1)c1ccccc1.CCCC[N+](CCCC)(CCCC)CCCC. The van der Waals surface area contributed by atoms with E-state index in [4.69, 9.17) is 0 Å². The topological polar surface area (TPSA) is 0 Å². The average molecular weight is 522 g/mol. The van der Waals surface area contributed by atoms with Crippen molar-refractivity contribution in [1.29, 1.82) is 0 Å². The fourth-order valence-corrected chi connectivity index (χ4v) is 6.40. The first-order chi connectivity index (χ1) is 18.6. The highest BCUT2D eigenvalue weighted by molar-refractivity contribution is 7.02. The Bertz CT molecular complexity index is 685. The lowest BCUT2D eigenvalue weighted by molar-refractivity contribution is -0.929. The maximum atomic E-state index is 2.35. The first-order valence-corrected chi connectivity index (χ1v) is 16.7. The third kappa shape index (κ3) is 12.1. The Kier molecular flexibility index (Phi) is 19.3. The van der Waals surface area contributed by atoms with Crippen LogP contribution in [0.5, 0.6) is 0 Å². The zero-order valence-electron chi connectivity index (χ0n) is 26.5. The minimum absolute atomic E-state index is 0.611. The molecule has 0 fully saturated rings. The van der Waals surface area contributed by atoms with Crippen LogP contribution in [0.2, 0.25) is 12.6 Å². The summed E-state index contributed by atoms with van der Waals surface area (Å²) in [5, 5.41) is 0. The first kappa shape index (κ1) is 34.5. The van der Waals surface area contributed by atoms with E-state index in [1.807, 2.05) is 0 Å². The summed E-state index contributed by atoms with van der Waals surface area (Å²) >= 11 is 0. The Balaban J connectivity index is 0.000000391. The summed E-state index contributed by atoms with van der Waals surface area (Å²) in [6.45, 7) is 19.6. The van der Waals surface area contributed by atoms with Gasteiger partial charge in [-0.3, -0.25) is 0 Å². The van der Waals surface area contributed by atoms with Crippen molar-refractivity contribution in [2.75, 3.05) is 26.2 Å². The maximum absolute atomic E-state index is 2.35. The van der Waals surface area contributed by atoms with Crippen molar-refractivity contribution in [1.82, 2.24) is 0 Å². The van der Waals surface area contributed by atoms with Gasteiger partial charge in [-0.05, 0) is 25.7 Å². The number of benzene rings is 2. The molecule has 2 aromatic carbocycles. The maximum Gasteiger partial charge on any atom is 0.0786 e. The van der Waals surface area contributed by atoms with Gasteiger partial charge in [0.2, 0.25) is 0 Å². The lowest BCUT2D eigenvalue weighted by Crippen LogP contribution is -2.58. The molecule has 0 aromatic heterocycles. The molecule has 2 heteroatoms. The molecule has 216 valence electrons. The number of hydrogen-bond acceptors (Lipinski definition) is 0. The summed E-state index contributed by atoms with van der Waals surface area (Å²) in [6, 6.07) is 22.5. The molecule has 0 aliphatic carbocycles. The van der Waals surface area contributed by atoms with E-state index >= 15 is 0 Å². The molecule has 0 aliphatic rings. The second-order valence-electron chi connectivity index (χ2n) is 12.0. The van der Waals surface area contributed by atoms with Crippen LogP contribution in [-0.2, 0) is 0 Å². The van der Waals surface area contributed by atoms with E-state index in [2.05, 4.69) is 102 Å². The van der Waals surface area contributed by atoms with Crippen LogP contribution in [0.15, 0.2) is 60.7 Å². The first-order valence-electron chi connectivity index (χ1n) is 16.7. The molecule has 0 heterocycles. The third-order valence-electron chi connectivity index (χ3n) is 8.92. The predicted octanol–water partition coefficient (Wildman–Crippen LogP) is 9.85. The predicted molar refractivity (Wildman–Crippen MR) is 177 cm³/mol. The van der Waals surface area contributed by atoms with Crippen molar-refractivity contribution in [3.63, 3.8) is 0 Å². The zero-order chi connectivity index (χ0) is 28.0. The van der Waals surface area contributed by atoms with Gasteiger partial charge in [0.25, 0.3) is 0 Å². The second kappa shape index (κ2) is 21.3. The highest BCUT2D eigenvalue weighted by Gasteiger charge is 2.27. The Morgan fingerprint density at radius 3 is 0.974 bits per heavy atom. The normalized spacial score (nSPS) is 11.7. The number of quaternary nitrogens is 1. The summed E-state index contributed by atoms with van der Waals surface area (Å²) in [7, 11) is 0. The van der Waals surface area contributed by atoms with Crippen molar-refractivity contribution < 1.29 is 4.48 Å². The molecule has 0 unspecified atom stereocenters. The summed E-state index contributed by atoms with van der Waals surface area (Å²) < 4.78 is 1.42. The van der Waals surface area contributed by atoms with Crippen LogP contribution in [0.3, 0.4) is 0 Å². The molecule has 38 heavy (non-hydrogen) atoms. The van der Waals surface area contributed by atoms with Gasteiger partial charge in [-0.15, -0.1) is 0 Å². The number of rotatable bonds is 20. The van der Waals surface area contributed by atoms with Gasteiger partial charge >= 0.3 is 0 Å². The highest BCUT2D eigenvalue weighted by atomic mass is 15.3. The molecule has 0 radical (unpaired) electrons. The van der Waals surface area contributed by atoms with Crippen LogP contribution in [0.25, 0.3) is 0 Å². The van der Waals surface area contributed by atoms with Gasteiger partial charge in [0.1, 0.15) is 0 Å². The molecule has 0 bridgehead atoms. The summed E-state index contributed by atoms with van der Waals surface area (Å²) in [4.78, 5) is 0. The van der Waals surface area contributed by atoms with E-state index in [9.17, 15) is 0 Å². The van der Waals surface area contributed by atoms with E-state index in [1.54, 1.807) is 10.9 Å². The van der Waals surface area contributed by atoms with Crippen molar-refractivity contribution >= 4 is 17.1 Å². The smallest absolute Gasteiger partial charge is 0.0786 e. The Hall–Kier alpha value is -1.54. The van der Waals surface area contributed by atoms with Gasteiger partial charge < -0.3 is 4.48 Å². The molecule has 2 aromatic rings. The van der Waals surface area contributed by atoms with Gasteiger partial charge in [0, 0.05) is 0 Å². The quantitative estimate of drug-likeness (QED) is 0.120. The van der Waals surface area contributed by atoms with Gasteiger partial charge in [-0.25, -0.2) is 10.9 Å². The van der Waals surface area contributed by atoms with Crippen LogP contribution in [0.1, 0.15) is 119 Å². The lowest BCUT2D eigenvalue weighted by atomic mass is 9.15. The molecular weight excluding hydrogens is 457 g/mol. The summed E-state index contributed by atoms with van der Waals surface area (Å²) in [5.74, 6) is 0. The Labute approximate surface area is 239 Å². The largest absolute Gasteiger partial charge is 0.324 e. The summed E-state index contributed by atoms with van der Waals surface area (Å²) in [5.41, 5.74) is 3.09. The molecule has 0 saturated carbocycles. The highest BCUT2D eigenvalue weighted by Crippen LogP contribution is 2.22. The molecule has 0 aliphatic heterocycles. The van der Waals surface area contributed by atoms with E-state index in [0.29, 0.717) is 0 Å². The molecule has 1 nitrogen and oxygen atoms in total. The van der Waals surface area contributed by atoms with Gasteiger partial charge in [0.15, 0.2) is 0 Å². The van der Waals surface area contributed by atoms with E-state index in [0.717, 1.165) is 0 Å². The standard InChI is InChI=1S/C20H28B.C16H36N/c1-3-5-17-21(18-6-4-2,19-13-9-7-10-14-19)20-15-11-8-12-16-20;1-5-9-13-17(14-10-6-2,15-11-7-3)16-12-8-4/h7-16H,3-6,17-18H2,1-2H3;5-16H2,1-4H3/q-1;+1. The minimum Gasteiger partial charge on any atom is -0.324 e. The van der Waals surface area contributed by atoms with Gasteiger partial charge in [-0.2, -0.15) is 12.6 Å². The fourth-order valence-electron chi connectivity index (χ4n) is 6.40. The number of unbranched alkanes of at least 4 members (excludes halogenated alkanes) is 6. The van der Waals surface area contributed by atoms with Crippen LogP contribution >= 0.6 is 0 Å². The Morgan fingerprint density at radius 1 is 0.421 bits per heavy atom. The third-order valence-corrected chi connectivity index (χ3v) is 8.92. The molecule has 0 saturated heterocycles. The van der Waals surface area contributed by atoms with Crippen LogP contribution < -0.4 is 10.9 Å². The van der Waals surface area contributed by atoms with E-state index in [1.165, 1.54) is 120 Å². The van der Waals surface area contributed by atoms with Gasteiger partial charge in [-0.1, -0.05) is 154 Å². The molecule has 0 atom stereocenters. The molecular formula is C36H64BN. The average Bonchev–Trinajstić information content (AvgIpc) is 2.98. The Morgan fingerprint density at radius 2 is 0.711 bits per heavy atom. The monoisotopic (exact) mass is 522 g/mol. The summed E-state index contributed by atoms with van der Waals surface area (Å²) in [6.07, 6.45) is 18.2. The molecule has 0 amide bonds. The second-order valence-corrected chi connectivity index (χ2v) is 12.0. The van der Waals surface area contributed by atoms with Crippen LogP contribution in [-0.4, -0.2) is 36.8 Å². The minimum atomic E-state index is -0.611. The van der Waals surface area contributed by atoms with Crippen LogP contribution in [0, 0.1) is 0 Å². The molecule has 2 rings (SSSR count). The number of hydrogen-bond donors (Lipinski definition) is 0. The number of nitrogens with zero attached hydrogens (tertiary/aromatic N) is 1. The van der Waals surface area contributed by atoms with Crippen molar-refractivity contribution in [3.05, 3.63) is 60.7 Å². The van der Waals surface area contributed by atoms with Crippen molar-refractivity contribution in [3.8, 4) is 0 Å². The fraction of sp³-hybridized carbons (Fsp3) is 0.667. The molecule has 0 spiro atoms. The van der Waals surface area contributed by atoms with E-state index in [-0.39, 0.29) is 0 Å². The lowest BCUT2D eigenvalue weighted by Gasteiger charge is -2.42. The van der Waals surface area contributed by atoms with Crippen LogP contribution in [0.4, 0.5) is 0 Å². The molecule has 0 N–H and O–H groups in total.